The number of carboxylic acid groups (broad SMARTS) is 1. The Labute approximate surface area is 113 Å². The second kappa shape index (κ2) is 4.47. The quantitative estimate of drug-likeness (QED) is 0.604. The van der Waals surface area contributed by atoms with Crippen LogP contribution in [0.3, 0.4) is 0 Å². The average molecular weight is 228 g/mol. The van der Waals surface area contributed by atoms with Gasteiger partial charge < -0.3 is 16.0 Å². The van der Waals surface area contributed by atoms with Crippen molar-refractivity contribution >= 4 is 5.97 Å². The largest absolute Gasteiger partial charge is 1.00 e. The van der Waals surface area contributed by atoms with Crippen molar-refractivity contribution < 1.29 is 39.7 Å². The first-order chi connectivity index (χ1) is 7.71. The maximum absolute atomic E-state index is 10.9. The number of ether oxygens (including phenoxy) is 2. The molecule has 5 heteroatoms. The molecule has 1 N–H and O–H groups in total. The minimum Gasteiger partial charge on any atom is -1.00 e. The molecule has 1 saturated heterocycles. The first-order valence-electron chi connectivity index (χ1n) is 5.30. The van der Waals surface area contributed by atoms with Gasteiger partial charge in [-0.3, -0.25) is 0 Å². The van der Waals surface area contributed by atoms with E-state index in [1.165, 1.54) is 0 Å². The van der Waals surface area contributed by atoms with Crippen LogP contribution in [-0.2, 0) is 21.7 Å². The molecule has 86 valence electrons. The minimum atomic E-state index is -0.899. The Morgan fingerprint density at radius 2 is 2.24 bits per heavy atom. The Hall–Kier alpha value is -0.793. The summed E-state index contributed by atoms with van der Waals surface area (Å²) in [7, 11) is 0. The van der Waals surface area contributed by atoms with Crippen molar-refractivity contribution in [1.82, 2.24) is 0 Å². The van der Waals surface area contributed by atoms with E-state index in [0.29, 0.717) is 18.8 Å². The van der Waals surface area contributed by atoms with Crippen molar-refractivity contribution in [2.24, 2.45) is 0 Å². The number of hydrogen-bond donors (Lipinski definition) is 1. The Morgan fingerprint density at radius 3 is 2.82 bits per heavy atom. The van der Waals surface area contributed by atoms with Crippen LogP contribution >= 0.6 is 0 Å². The van der Waals surface area contributed by atoms with Gasteiger partial charge in [0.05, 0.1) is 25.4 Å². The van der Waals surface area contributed by atoms with Crippen LogP contribution in [0.2, 0.25) is 0 Å². The van der Waals surface area contributed by atoms with E-state index in [0.717, 1.165) is 24.2 Å². The third-order valence-corrected chi connectivity index (χ3v) is 3.32. The van der Waals surface area contributed by atoms with Gasteiger partial charge in [0.2, 0.25) is 0 Å². The summed E-state index contributed by atoms with van der Waals surface area (Å²) in [5.41, 5.74) is 1.97. The van der Waals surface area contributed by atoms with Gasteiger partial charge >= 0.3 is 24.8 Å². The molecule has 2 heterocycles. The molecule has 0 aromatic heterocycles. The van der Waals surface area contributed by atoms with Crippen molar-refractivity contribution in [3.63, 3.8) is 0 Å². The van der Waals surface area contributed by atoms with Gasteiger partial charge in [-0.05, 0) is 23.3 Å². The van der Waals surface area contributed by atoms with Gasteiger partial charge in [0, 0.05) is 6.42 Å². The van der Waals surface area contributed by atoms with Crippen LogP contribution in [0.25, 0.3) is 0 Å². The summed E-state index contributed by atoms with van der Waals surface area (Å²) >= 11 is 0. The first kappa shape index (κ1) is 12.7. The number of fused-ring (bicyclic) bond motifs is 2. The standard InChI is InChI=1S/C12H12O4.Li.H/c13-11(14)8-1-2-9-6-15-7-12(3-4-16-12)10(9)5-8;;/h1-2,5H,3-4,6-7H2,(H,13,14);;/q;+1;-1. The predicted octanol–water partition coefficient (Wildman–Crippen LogP) is -1.35. The smallest absolute Gasteiger partial charge is 1.00 e. The minimum absolute atomic E-state index is 0. The van der Waals surface area contributed by atoms with E-state index in [1.807, 2.05) is 6.07 Å². The van der Waals surface area contributed by atoms with Crippen molar-refractivity contribution in [2.45, 2.75) is 18.6 Å². The average Bonchev–Trinajstić information content (AvgIpc) is 2.25. The number of aromatic carboxylic acids is 1. The molecule has 1 fully saturated rings. The molecule has 3 rings (SSSR count). The van der Waals surface area contributed by atoms with E-state index in [1.54, 1.807) is 12.1 Å². The molecule has 0 aliphatic carbocycles. The summed E-state index contributed by atoms with van der Waals surface area (Å²) in [6.45, 7) is 1.80. The predicted molar refractivity (Wildman–Crippen MR) is 56.4 cm³/mol. The summed E-state index contributed by atoms with van der Waals surface area (Å²) in [6, 6.07) is 5.16. The van der Waals surface area contributed by atoms with Crippen LogP contribution in [0.15, 0.2) is 18.2 Å². The molecule has 1 aromatic rings. The zero-order valence-electron chi connectivity index (χ0n) is 10.7. The van der Waals surface area contributed by atoms with Crippen molar-refractivity contribution in [2.75, 3.05) is 13.2 Å². The van der Waals surface area contributed by atoms with Crippen molar-refractivity contribution in [3.8, 4) is 0 Å². The fourth-order valence-corrected chi connectivity index (χ4v) is 2.34. The van der Waals surface area contributed by atoms with Crippen LogP contribution in [-0.4, -0.2) is 24.3 Å². The van der Waals surface area contributed by atoms with Gasteiger partial charge in [0.25, 0.3) is 0 Å². The Kier molecular flexibility index (Phi) is 3.33. The Balaban J connectivity index is 0.000000810. The number of rotatable bonds is 1. The van der Waals surface area contributed by atoms with Gasteiger partial charge in [-0.1, -0.05) is 6.07 Å². The molecule has 4 nitrogen and oxygen atoms in total. The van der Waals surface area contributed by atoms with E-state index >= 15 is 0 Å². The van der Waals surface area contributed by atoms with E-state index in [2.05, 4.69) is 0 Å². The second-order valence-corrected chi connectivity index (χ2v) is 4.26. The van der Waals surface area contributed by atoms with Crippen molar-refractivity contribution in [3.05, 3.63) is 34.9 Å². The molecule has 0 bridgehead atoms. The topological polar surface area (TPSA) is 55.8 Å². The van der Waals surface area contributed by atoms with E-state index < -0.39 is 5.97 Å². The van der Waals surface area contributed by atoms with Crippen LogP contribution in [0, 0.1) is 0 Å². The summed E-state index contributed by atoms with van der Waals surface area (Å²) in [4.78, 5) is 10.9. The third kappa shape index (κ3) is 1.92. The van der Waals surface area contributed by atoms with E-state index in [-0.39, 0.29) is 25.9 Å². The summed E-state index contributed by atoms with van der Waals surface area (Å²) in [5.74, 6) is -0.899. The van der Waals surface area contributed by atoms with Crippen LogP contribution in [0.5, 0.6) is 0 Å². The molecule has 1 atom stereocenters. The zero-order chi connectivity index (χ0) is 11.2. The number of carboxylic acids is 1. The number of carbonyl (C=O) groups is 1. The molecule has 2 aliphatic rings. The molecule has 17 heavy (non-hydrogen) atoms. The van der Waals surface area contributed by atoms with Crippen LogP contribution in [0.1, 0.15) is 29.3 Å². The number of hydrogen-bond acceptors (Lipinski definition) is 3. The SMILES string of the molecule is O=C(O)c1ccc2c(c1)C1(CCO1)COC2.[H-].[Li+]. The molecule has 2 aliphatic heterocycles. The van der Waals surface area contributed by atoms with E-state index in [4.69, 9.17) is 14.6 Å². The normalized spacial score (nSPS) is 25.6. The molecule has 1 spiro atoms. The molecular weight excluding hydrogens is 215 g/mol. The van der Waals surface area contributed by atoms with Gasteiger partial charge in [-0.25, -0.2) is 4.79 Å². The van der Waals surface area contributed by atoms with Crippen LogP contribution < -0.4 is 18.9 Å². The fraction of sp³-hybridized carbons (Fsp3) is 0.417. The molecular formula is C12H13LiO4. The van der Waals surface area contributed by atoms with Gasteiger partial charge in [0.1, 0.15) is 5.60 Å². The fourth-order valence-electron chi connectivity index (χ4n) is 2.34. The summed E-state index contributed by atoms with van der Waals surface area (Å²) in [6.07, 6.45) is 0.906. The Bertz CT molecular complexity index is 459. The van der Waals surface area contributed by atoms with Gasteiger partial charge in [-0.15, -0.1) is 0 Å². The maximum atomic E-state index is 10.9. The molecule has 0 amide bonds. The third-order valence-electron chi connectivity index (χ3n) is 3.32. The molecule has 1 unspecified atom stereocenters. The molecule has 1 aromatic carbocycles. The zero-order valence-corrected chi connectivity index (χ0v) is 9.73. The van der Waals surface area contributed by atoms with Gasteiger partial charge in [0.15, 0.2) is 0 Å². The summed E-state index contributed by atoms with van der Waals surface area (Å²) in [5, 5.41) is 8.98. The molecule has 0 saturated carbocycles. The van der Waals surface area contributed by atoms with Gasteiger partial charge in [-0.2, -0.15) is 0 Å². The van der Waals surface area contributed by atoms with Crippen molar-refractivity contribution in [1.29, 1.82) is 0 Å². The van der Waals surface area contributed by atoms with Crippen LogP contribution in [0.4, 0.5) is 0 Å². The van der Waals surface area contributed by atoms with E-state index in [9.17, 15) is 4.79 Å². The second-order valence-electron chi connectivity index (χ2n) is 4.26. The molecule has 0 radical (unpaired) electrons. The first-order valence-corrected chi connectivity index (χ1v) is 5.30. The monoisotopic (exact) mass is 228 g/mol. The maximum Gasteiger partial charge on any atom is 1.00 e. The summed E-state index contributed by atoms with van der Waals surface area (Å²) < 4.78 is 11.1. The Morgan fingerprint density at radius 1 is 1.47 bits per heavy atom. The number of benzene rings is 1.